The van der Waals surface area contributed by atoms with Gasteiger partial charge in [0.2, 0.25) is 0 Å². The van der Waals surface area contributed by atoms with E-state index in [1.807, 2.05) is 24.3 Å². The van der Waals surface area contributed by atoms with Gasteiger partial charge in [0, 0.05) is 26.2 Å². The number of urea groups is 2. The molecular weight excluding hydrogens is 488 g/mol. The summed E-state index contributed by atoms with van der Waals surface area (Å²) in [5, 5.41) is 30.0. The van der Waals surface area contributed by atoms with Crippen molar-refractivity contribution in [2.45, 2.75) is 90.1 Å². The van der Waals surface area contributed by atoms with Crippen LogP contribution in [0.5, 0.6) is 0 Å². The Bertz CT molecular complexity index is 897. The van der Waals surface area contributed by atoms with Gasteiger partial charge in [-0.3, -0.25) is 9.59 Å². The predicted octanol–water partition coefficient (Wildman–Crippen LogP) is 4.14. The maximum absolute atomic E-state index is 12.4. The van der Waals surface area contributed by atoms with Crippen LogP contribution in [0.25, 0.3) is 0 Å². The summed E-state index contributed by atoms with van der Waals surface area (Å²) in [5.74, 6) is -1.66. The molecule has 10 heteroatoms. The summed E-state index contributed by atoms with van der Waals surface area (Å²) in [5.41, 5.74) is 0.996. The zero-order valence-electron chi connectivity index (χ0n) is 22.2. The zero-order chi connectivity index (χ0) is 27.4. The number of carboxylic acids is 2. The van der Waals surface area contributed by atoms with Gasteiger partial charge in [-0.15, -0.1) is 0 Å². The van der Waals surface area contributed by atoms with Crippen molar-refractivity contribution in [2.24, 2.45) is 10.8 Å². The maximum Gasteiger partial charge on any atom is 0.315 e. The van der Waals surface area contributed by atoms with Crippen LogP contribution in [0.15, 0.2) is 24.3 Å². The topological polar surface area (TPSA) is 157 Å². The summed E-state index contributed by atoms with van der Waals surface area (Å²) in [6.45, 7) is 1.29. The zero-order valence-corrected chi connectivity index (χ0v) is 22.2. The third-order valence-electron chi connectivity index (χ3n) is 8.03. The monoisotopic (exact) mass is 530 g/mol. The van der Waals surface area contributed by atoms with E-state index in [2.05, 4.69) is 21.3 Å². The molecule has 1 aromatic rings. The first-order chi connectivity index (χ1) is 18.2. The number of aliphatic carboxylic acids is 2. The van der Waals surface area contributed by atoms with Crippen LogP contribution in [0.2, 0.25) is 0 Å². The van der Waals surface area contributed by atoms with Crippen molar-refractivity contribution in [3.63, 3.8) is 0 Å². The van der Waals surface area contributed by atoms with Crippen molar-refractivity contribution in [2.75, 3.05) is 13.1 Å². The van der Waals surface area contributed by atoms with Crippen molar-refractivity contribution in [1.29, 1.82) is 0 Å². The fourth-order valence-corrected chi connectivity index (χ4v) is 5.95. The lowest BCUT2D eigenvalue weighted by Crippen LogP contribution is -2.44. The van der Waals surface area contributed by atoms with Crippen molar-refractivity contribution in [1.82, 2.24) is 21.3 Å². The molecule has 0 radical (unpaired) electrons. The lowest BCUT2D eigenvalue weighted by molar-refractivity contribution is -0.141. The summed E-state index contributed by atoms with van der Waals surface area (Å²) >= 11 is 0. The minimum atomic E-state index is -0.832. The highest BCUT2D eigenvalue weighted by Gasteiger charge is 2.35. The van der Waals surface area contributed by atoms with Crippen LogP contribution in [0.3, 0.4) is 0 Å². The standard InChI is InChI=1S/C28H42N4O6/c33-23(34)15-27(10-3-1-4-11-27)19-31-25(37)29-17-21-8-7-9-22(14-21)18-30-26(38)32-20-28(16-24(35)36)12-5-2-6-13-28/h7-9,14H,1-6,10-13,15-20H2,(H,33,34)(H,35,36)(H2,29,31,37)(H2,30,32,38). The number of rotatable bonds is 12. The highest BCUT2D eigenvalue weighted by atomic mass is 16.4. The van der Waals surface area contributed by atoms with Crippen LogP contribution in [0.4, 0.5) is 9.59 Å². The molecule has 0 spiro atoms. The molecule has 0 unspecified atom stereocenters. The van der Waals surface area contributed by atoms with Gasteiger partial charge < -0.3 is 31.5 Å². The third-order valence-corrected chi connectivity index (χ3v) is 8.03. The number of carbonyl (C=O) groups is 4. The van der Waals surface area contributed by atoms with Crippen LogP contribution < -0.4 is 21.3 Å². The number of amides is 4. The largest absolute Gasteiger partial charge is 0.481 e. The summed E-state index contributed by atoms with van der Waals surface area (Å²) in [4.78, 5) is 47.5. The van der Waals surface area contributed by atoms with Crippen molar-refractivity contribution < 1.29 is 29.4 Å². The molecular formula is C28H42N4O6. The molecule has 210 valence electrons. The van der Waals surface area contributed by atoms with Crippen molar-refractivity contribution in [3.8, 4) is 0 Å². The van der Waals surface area contributed by atoms with Gasteiger partial charge in [0.1, 0.15) is 0 Å². The molecule has 10 nitrogen and oxygen atoms in total. The minimum Gasteiger partial charge on any atom is -0.481 e. The fourth-order valence-electron chi connectivity index (χ4n) is 5.95. The van der Waals surface area contributed by atoms with Gasteiger partial charge in [0.25, 0.3) is 0 Å². The molecule has 2 fully saturated rings. The van der Waals surface area contributed by atoms with E-state index in [-0.39, 0.29) is 35.7 Å². The number of benzene rings is 1. The average molecular weight is 531 g/mol. The van der Waals surface area contributed by atoms with Gasteiger partial charge in [-0.2, -0.15) is 0 Å². The van der Waals surface area contributed by atoms with E-state index in [0.29, 0.717) is 26.2 Å². The fraction of sp³-hybridized carbons (Fsp3) is 0.643. The van der Waals surface area contributed by atoms with E-state index in [9.17, 15) is 29.4 Å². The molecule has 6 N–H and O–H groups in total. The molecule has 2 aliphatic rings. The van der Waals surface area contributed by atoms with E-state index >= 15 is 0 Å². The molecule has 0 atom stereocenters. The van der Waals surface area contributed by atoms with Crippen LogP contribution >= 0.6 is 0 Å². The lowest BCUT2D eigenvalue weighted by atomic mass is 9.72. The smallest absolute Gasteiger partial charge is 0.315 e. The number of hydrogen-bond donors (Lipinski definition) is 6. The van der Waals surface area contributed by atoms with E-state index in [1.54, 1.807) is 0 Å². The summed E-state index contributed by atoms with van der Waals surface area (Å²) in [7, 11) is 0. The van der Waals surface area contributed by atoms with Gasteiger partial charge in [-0.05, 0) is 47.6 Å². The Balaban J connectivity index is 1.42. The second-order valence-corrected chi connectivity index (χ2v) is 11.2. The van der Waals surface area contributed by atoms with Gasteiger partial charge in [-0.25, -0.2) is 9.59 Å². The maximum atomic E-state index is 12.4. The average Bonchev–Trinajstić information content (AvgIpc) is 2.89. The highest BCUT2D eigenvalue weighted by Crippen LogP contribution is 2.39. The molecule has 2 aliphatic carbocycles. The van der Waals surface area contributed by atoms with Gasteiger partial charge >= 0.3 is 24.0 Å². The number of carbonyl (C=O) groups excluding carboxylic acids is 2. The summed E-state index contributed by atoms with van der Waals surface area (Å²) < 4.78 is 0. The van der Waals surface area contributed by atoms with Crippen molar-refractivity contribution in [3.05, 3.63) is 35.4 Å². The molecule has 2 saturated carbocycles. The molecule has 0 bridgehead atoms. The molecule has 0 heterocycles. The summed E-state index contributed by atoms with van der Waals surface area (Å²) in [6, 6.07) is 6.87. The molecule has 4 amide bonds. The molecule has 0 aliphatic heterocycles. The van der Waals surface area contributed by atoms with Crippen LogP contribution in [0.1, 0.15) is 88.2 Å². The Kier molecular flexibility index (Phi) is 10.8. The van der Waals surface area contributed by atoms with Gasteiger partial charge in [-0.1, -0.05) is 62.8 Å². The third kappa shape index (κ3) is 9.54. The first-order valence-electron chi connectivity index (χ1n) is 13.7. The molecule has 0 aromatic heterocycles. The molecule has 0 saturated heterocycles. The number of nitrogens with one attached hydrogen (secondary N) is 4. The van der Waals surface area contributed by atoms with Gasteiger partial charge in [0.15, 0.2) is 0 Å². The summed E-state index contributed by atoms with van der Waals surface area (Å²) in [6.07, 6.45) is 9.51. The van der Waals surface area contributed by atoms with Crippen molar-refractivity contribution >= 4 is 24.0 Å². The molecule has 38 heavy (non-hydrogen) atoms. The SMILES string of the molecule is O=C(O)CC1(CNC(=O)NCc2cccc(CNC(=O)NCC3(CC(=O)O)CCCCC3)c2)CCCCC1. The Morgan fingerprint density at radius 2 is 1.03 bits per heavy atom. The first kappa shape index (κ1) is 29.3. The second kappa shape index (κ2) is 14.0. The second-order valence-electron chi connectivity index (χ2n) is 11.2. The van der Waals surface area contributed by atoms with Crippen LogP contribution in [-0.4, -0.2) is 47.3 Å². The highest BCUT2D eigenvalue weighted by molar-refractivity contribution is 5.75. The van der Waals surface area contributed by atoms with E-state index in [0.717, 1.165) is 75.3 Å². The Morgan fingerprint density at radius 3 is 1.39 bits per heavy atom. The molecule has 3 rings (SSSR count). The predicted molar refractivity (Wildman–Crippen MR) is 142 cm³/mol. The molecule has 1 aromatic carbocycles. The number of hydrogen-bond acceptors (Lipinski definition) is 4. The minimum absolute atomic E-state index is 0.0659. The number of carboxylic acid groups (broad SMARTS) is 2. The first-order valence-corrected chi connectivity index (χ1v) is 13.7. The Morgan fingerprint density at radius 1 is 0.632 bits per heavy atom. The van der Waals surface area contributed by atoms with E-state index < -0.39 is 11.9 Å². The van der Waals surface area contributed by atoms with Crippen LogP contribution in [0, 0.1) is 10.8 Å². The Hall–Kier alpha value is -3.30. The Labute approximate surface area is 224 Å². The normalized spacial score (nSPS) is 18.1. The van der Waals surface area contributed by atoms with Crippen LogP contribution in [-0.2, 0) is 22.7 Å². The van der Waals surface area contributed by atoms with E-state index in [4.69, 9.17) is 0 Å². The quantitative estimate of drug-likeness (QED) is 0.238. The lowest BCUT2D eigenvalue weighted by Gasteiger charge is -2.36. The van der Waals surface area contributed by atoms with E-state index in [1.165, 1.54) is 0 Å². The van der Waals surface area contributed by atoms with Gasteiger partial charge in [0.05, 0.1) is 12.8 Å².